The molecule has 0 fully saturated rings. The standard InChI is InChI=1S/C12H19FN2O3S/c1-3-12(4-2,8-16)15-19(17,18)9-5-6-11(14)10(13)7-9/h5-7,15-16H,3-4,8,14H2,1-2H3. The molecule has 0 unspecified atom stereocenters. The molecule has 0 aromatic heterocycles. The summed E-state index contributed by atoms with van der Waals surface area (Å²) in [4.78, 5) is -0.209. The normalized spacial score (nSPS) is 12.6. The molecule has 0 heterocycles. The summed E-state index contributed by atoms with van der Waals surface area (Å²) in [6, 6.07) is 3.29. The second-order valence-corrected chi connectivity index (χ2v) is 6.12. The van der Waals surface area contributed by atoms with Crippen LogP contribution in [0.4, 0.5) is 10.1 Å². The van der Waals surface area contributed by atoms with Crippen molar-refractivity contribution in [3.8, 4) is 0 Å². The summed E-state index contributed by atoms with van der Waals surface area (Å²) < 4.78 is 40.1. The van der Waals surface area contributed by atoms with Gasteiger partial charge in [0.15, 0.2) is 0 Å². The smallest absolute Gasteiger partial charge is 0.241 e. The molecule has 0 radical (unpaired) electrons. The molecule has 0 saturated heterocycles. The van der Waals surface area contributed by atoms with E-state index in [0.717, 1.165) is 6.07 Å². The number of hydrogen-bond donors (Lipinski definition) is 3. The minimum Gasteiger partial charge on any atom is -0.396 e. The van der Waals surface area contributed by atoms with E-state index in [0.29, 0.717) is 12.8 Å². The highest BCUT2D eigenvalue weighted by Gasteiger charge is 2.31. The fourth-order valence-corrected chi connectivity index (χ4v) is 3.22. The van der Waals surface area contributed by atoms with Crippen molar-refractivity contribution < 1.29 is 17.9 Å². The zero-order valence-corrected chi connectivity index (χ0v) is 11.8. The Morgan fingerprint density at radius 1 is 1.37 bits per heavy atom. The molecule has 0 saturated carbocycles. The number of sulfonamides is 1. The van der Waals surface area contributed by atoms with Crippen molar-refractivity contribution in [1.82, 2.24) is 4.72 Å². The molecule has 0 amide bonds. The first kappa shape index (κ1) is 15.9. The van der Waals surface area contributed by atoms with E-state index >= 15 is 0 Å². The van der Waals surface area contributed by atoms with Gasteiger partial charge in [-0.1, -0.05) is 13.8 Å². The van der Waals surface area contributed by atoms with E-state index < -0.39 is 21.4 Å². The van der Waals surface area contributed by atoms with Gasteiger partial charge in [0.1, 0.15) is 5.82 Å². The fraction of sp³-hybridized carbons (Fsp3) is 0.500. The third-order valence-corrected chi connectivity index (χ3v) is 4.87. The molecule has 19 heavy (non-hydrogen) atoms. The Balaban J connectivity index is 3.14. The van der Waals surface area contributed by atoms with Crippen LogP contribution in [0.15, 0.2) is 23.1 Å². The summed E-state index contributed by atoms with van der Waals surface area (Å²) in [5.74, 6) is -0.787. The van der Waals surface area contributed by atoms with Crippen LogP contribution >= 0.6 is 0 Å². The fourth-order valence-electron chi connectivity index (χ4n) is 1.67. The van der Waals surface area contributed by atoms with E-state index in [1.165, 1.54) is 12.1 Å². The van der Waals surface area contributed by atoms with Crippen LogP contribution in [0.5, 0.6) is 0 Å². The van der Waals surface area contributed by atoms with E-state index in [9.17, 15) is 17.9 Å². The number of halogens is 1. The maximum Gasteiger partial charge on any atom is 0.241 e. The SMILES string of the molecule is CCC(CC)(CO)NS(=O)(=O)c1ccc(N)c(F)c1. The highest BCUT2D eigenvalue weighted by Crippen LogP contribution is 2.21. The second kappa shape index (κ2) is 5.85. The second-order valence-electron chi connectivity index (χ2n) is 4.43. The van der Waals surface area contributed by atoms with Gasteiger partial charge in [0.25, 0.3) is 0 Å². The molecule has 1 aromatic carbocycles. The molecule has 0 spiro atoms. The molecule has 1 rings (SSSR count). The monoisotopic (exact) mass is 290 g/mol. The van der Waals surface area contributed by atoms with Crippen molar-refractivity contribution in [2.24, 2.45) is 0 Å². The van der Waals surface area contributed by atoms with Crippen LogP contribution in [-0.4, -0.2) is 25.7 Å². The molecule has 0 aliphatic heterocycles. The molecule has 1 aromatic rings. The number of nitrogens with two attached hydrogens (primary N) is 1. The largest absolute Gasteiger partial charge is 0.396 e. The molecular formula is C12H19FN2O3S. The van der Waals surface area contributed by atoms with Crippen LogP contribution < -0.4 is 10.5 Å². The van der Waals surface area contributed by atoms with Crippen molar-refractivity contribution in [3.05, 3.63) is 24.0 Å². The van der Waals surface area contributed by atoms with Gasteiger partial charge in [-0.25, -0.2) is 17.5 Å². The van der Waals surface area contributed by atoms with E-state index in [2.05, 4.69) is 4.72 Å². The van der Waals surface area contributed by atoms with Crippen LogP contribution in [-0.2, 0) is 10.0 Å². The number of benzene rings is 1. The van der Waals surface area contributed by atoms with Gasteiger partial charge in [0.2, 0.25) is 10.0 Å². The lowest BCUT2D eigenvalue weighted by Gasteiger charge is -2.30. The van der Waals surface area contributed by atoms with Crippen LogP contribution in [0.3, 0.4) is 0 Å². The molecular weight excluding hydrogens is 271 g/mol. The predicted octanol–water partition coefficient (Wildman–Crippen LogP) is 1.24. The summed E-state index contributed by atoms with van der Waals surface area (Å²) in [6.07, 6.45) is 0.855. The molecule has 0 bridgehead atoms. The Morgan fingerprint density at radius 3 is 2.37 bits per heavy atom. The van der Waals surface area contributed by atoms with Gasteiger partial charge in [-0.3, -0.25) is 0 Å². The Kier molecular flexibility index (Phi) is 4.89. The van der Waals surface area contributed by atoms with Crippen LogP contribution in [0.25, 0.3) is 0 Å². The maximum absolute atomic E-state index is 13.3. The predicted molar refractivity (Wildman–Crippen MR) is 71.5 cm³/mol. The topological polar surface area (TPSA) is 92.4 Å². The van der Waals surface area contributed by atoms with E-state index in [1.54, 1.807) is 13.8 Å². The summed E-state index contributed by atoms with van der Waals surface area (Å²) in [7, 11) is -3.90. The third-order valence-electron chi connectivity index (χ3n) is 3.29. The number of aliphatic hydroxyl groups excluding tert-OH is 1. The zero-order valence-electron chi connectivity index (χ0n) is 11.0. The third kappa shape index (κ3) is 3.43. The number of anilines is 1. The summed E-state index contributed by atoms with van der Waals surface area (Å²) in [6.45, 7) is 3.22. The van der Waals surface area contributed by atoms with Crippen molar-refractivity contribution in [2.75, 3.05) is 12.3 Å². The van der Waals surface area contributed by atoms with E-state index in [4.69, 9.17) is 5.73 Å². The van der Waals surface area contributed by atoms with Crippen molar-refractivity contribution >= 4 is 15.7 Å². The highest BCUT2D eigenvalue weighted by molar-refractivity contribution is 7.89. The Labute approximate surface area is 112 Å². The van der Waals surface area contributed by atoms with Gasteiger partial charge >= 0.3 is 0 Å². The summed E-state index contributed by atoms with van der Waals surface area (Å²) in [5, 5.41) is 9.36. The van der Waals surface area contributed by atoms with E-state index in [1.807, 2.05) is 0 Å². The van der Waals surface area contributed by atoms with Crippen molar-refractivity contribution in [3.63, 3.8) is 0 Å². The Morgan fingerprint density at radius 2 is 1.95 bits per heavy atom. The molecule has 0 aliphatic rings. The summed E-state index contributed by atoms with van der Waals surface area (Å²) >= 11 is 0. The number of rotatable bonds is 6. The molecule has 7 heteroatoms. The van der Waals surface area contributed by atoms with Crippen LogP contribution in [0, 0.1) is 5.82 Å². The Bertz CT molecular complexity index is 534. The average molecular weight is 290 g/mol. The zero-order chi connectivity index (χ0) is 14.7. The molecule has 0 atom stereocenters. The maximum atomic E-state index is 13.3. The van der Waals surface area contributed by atoms with Crippen molar-refractivity contribution in [1.29, 1.82) is 0 Å². The van der Waals surface area contributed by atoms with Gasteiger partial charge in [-0.05, 0) is 31.0 Å². The van der Waals surface area contributed by atoms with E-state index in [-0.39, 0.29) is 17.2 Å². The van der Waals surface area contributed by atoms with Gasteiger partial charge in [-0.15, -0.1) is 0 Å². The molecule has 5 nitrogen and oxygen atoms in total. The van der Waals surface area contributed by atoms with Gasteiger partial charge in [0.05, 0.1) is 22.7 Å². The minimum atomic E-state index is -3.90. The van der Waals surface area contributed by atoms with Crippen LogP contribution in [0.1, 0.15) is 26.7 Å². The first-order valence-electron chi connectivity index (χ1n) is 6.00. The number of hydrogen-bond acceptors (Lipinski definition) is 4. The molecule has 108 valence electrons. The number of aliphatic hydroxyl groups is 1. The molecule has 4 N–H and O–H groups in total. The lowest BCUT2D eigenvalue weighted by molar-refractivity contribution is 0.172. The average Bonchev–Trinajstić information content (AvgIpc) is 2.39. The van der Waals surface area contributed by atoms with Crippen molar-refractivity contribution in [2.45, 2.75) is 37.1 Å². The quantitative estimate of drug-likeness (QED) is 0.687. The minimum absolute atomic E-state index is 0.113. The highest BCUT2D eigenvalue weighted by atomic mass is 32.2. The number of nitrogen functional groups attached to an aromatic ring is 1. The molecule has 0 aliphatic carbocycles. The van der Waals surface area contributed by atoms with Gasteiger partial charge < -0.3 is 10.8 Å². The summed E-state index contributed by atoms with van der Waals surface area (Å²) in [5.41, 5.74) is 4.26. The van der Waals surface area contributed by atoms with Gasteiger partial charge in [-0.2, -0.15) is 0 Å². The Hall–Kier alpha value is -1.18. The lowest BCUT2D eigenvalue weighted by atomic mass is 9.96. The van der Waals surface area contributed by atoms with Gasteiger partial charge in [0, 0.05) is 0 Å². The van der Waals surface area contributed by atoms with Crippen LogP contribution in [0.2, 0.25) is 0 Å². The first-order valence-corrected chi connectivity index (χ1v) is 7.48. The lowest BCUT2D eigenvalue weighted by Crippen LogP contribution is -2.50. The first-order chi connectivity index (χ1) is 8.80. The number of nitrogens with one attached hydrogen (secondary N) is 1.